The van der Waals surface area contributed by atoms with Crippen molar-refractivity contribution in [3.63, 3.8) is 0 Å². The maximum absolute atomic E-state index is 6.79. The first-order chi connectivity index (χ1) is 33.7. The summed E-state index contributed by atoms with van der Waals surface area (Å²) >= 11 is 0. The molecule has 0 unspecified atom stereocenters. The minimum absolute atomic E-state index is 0.860. The maximum Gasteiger partial charge on any atom is 0.143 e. The second-order valence-corrected chi connectivity index (χ2v) is 17.6. The first-order valence-corrected chi connectivity index (χ1v) is 23.2. The average molecular weight is 869 g/mol. The highest BCUT2D eigenvalue weighted by atomic mass is 16.3. The highest BCUT2D eigenvalue weighted by molar-refractivity contribution is 6.14. The minimum Gasteiger partial charge on any atom is -0.456 e. The minimum atomic E-state index is 0.860. The fourth-order valence-corrected chi connectivity index (χ4v) is 10.7. The van der Waals surface area contributed by atoms with Gasteiger partial charge in [-0.3, -0.25) is 0 Å². The largest absolute Gasteiger partial charge is 0.456 e. The fourth-order valence-electron chi connectivity index (χ4n) is 10.7. The van der Waals surface area contributed by atoms with Gasteiger partial charge < -0.3 is 18.3 Å². The smallest absolute Gasteiger partial charge is 0.143 e. The molecule has 0 aliphatic heterocycles. The van der Waals surface area contributed by atoms with Crippen molar-refractivity contribution in [2.24, 2.45) is 0 Å². The number of aromatic nitrogens is 1. The van der Waals surface area contributed by atoms with Crippen molar-refractivity contribution in [2.45, 2.75) is 0 Å². The third-order valence-electron chi connectivity index (χ3n) is 13.8. The number of hydrogen-bond donors (Lipinski definition) is 0. The highest BCUT2D eigenvalue weighted by Gasteiger charge is 2.21. The molecule has 0 aliphatic carbocycles. The van der Waals surface area contributed by atoms with Crippen molar-refractivity contribution in [3.05, 3.63) is 243 Å². The molecule has 0 bridgehead atoms. The van der Waals surface area contributed by atoms with Crippen molar-refractivity contribution in [1.82, 2.24) is 4.57 Å². The van der Waals surface area contributed by atoms with Crippen molar-refractivity contribution >= 4 is 93.5 Å². The molecule has 0 atom stereocenters. The summed E-state index contributed by atoms with van der Waals surface area (Å²) < 4.78 is 15.5. The number of nitrogens with zero attached hydrogens (tertiary/aromatic N) is 2. The van der Waals surface area contributed by atoms with Gasteiger partial charge in [0.25, 0.3) is 0 Å². The first-order valence-electron chi connectivity index (χ1n) is 23.2. The number of rotatable bonds is 7. The van der Waals surface area contributed by atoms with Crippen LogP contribution in [-0.2, 0) is 0 Å². The molecule has 3 heterocycles. The van der Waals surface area contributed by atoms with Crippen LogP contribution in [-0.4, -0.2) is 4.57 Å². The van der Waals surface area contributed by atoms with Crippen LogP contribution in [0.1, 0.15) is 0 Å². The van der Waals surface area contributed by atoms with Crippen LogP contribution in [0.4, 0.5) is 17.1 Å². The number of hydrogen-bond acceptors (Lipinski definition) is 3. The third kappa shape index (κ3) is 6.01. The van der Waals surface area contributed by atoms with E-state index in [9.17, 15) is 0 Å². The Balaban J connectivity index is 0.946. The van der Waals surface area contributed by atoms with Gasteiger partial charge in [-0.15, -0.1) is 0 Å². The molecule has 0 spiro atoms. The van der Waals surface area contributed by atoms with Gasteiger partial charge in [-0.25, -0.2) is 0 Å². The van der Waals surface area contributed by atoms with E-state index in [1.54, 1.807) is 0 Å². The van der Waals surface area contributed by atoms with Gasteiger partial charge in [0, 0.05) is 60.6 Å². The van der Waals surface area contributed by atoms with E-state index in [1.165, 1.54) is 43.7 Å². The summed E-state index contributed by atoms with van der Waals surface area (Å²) in [5, 5.41) is 9.34. The summed E-state index contributed by atoms with van der Waals surface area (Å²) in [5.41, 5.74) is 16.8. The van der Waals surface area contributed by atoms with E-state index in [1.807, 2.05) is 18.2 Å². The zero-order valence-electron chi connectivity index (χ0n) is 36.8. The van der Waals surface area contributed by atoms with Crippen molar-refractivity contribution in [3.8, 4) is 39.1 Å². The zero-order valence-corrected chi connectivity index (χ0v) is 36.8. The van der Waals surface area contributed by atoms with E-state index in [0.29, 0.717) is 0 Å². The second kappa shape index (κ2) is 15.2. The Morgan fingerprint density at radius 1 is 0.309 bits per heavy atom. The molecule has 0 saturated carbocycles. The maximum atomic E-state index is 6.79. The number of fused-ring (bicyclic) bond motifs is 10. The predicted octanol–water partition coefficient (Wildman–Crippen LogP) is 18.2. The van der Waals surface area contributed by atoms with E-state index in [-0.39, 0.29) is 0 Å². The van der Waals surface area contributed by atoms with E-state index < -0.39 is 0 Å². The SMILES string of the molecule is c1ccc2c(-c3ccc(N(c4ccc(-c5cccc6oc7ccccc7c56)cc4)c4cc(-c5ccc(-n6c7ccccc7c7ccccc76)cc5)c5oc6ccccc6c5c4)cc3)cccc2c1. The number of furan rings is 2. The van der Waals surface area contributed by atoms with Gasteiger partial charge >= 0.3 is 0 Å². The summed E-state index contributed by atoms with van der Waals surface area (Å²) in [5.74, 6) is 0. The third-order valence-corrected chi connectivity index (χ3v) is 13.8. The van der Waals surface area contributed by atoms with E-state index in [2.05, 4.69) is 234 Å². The standard InChI is InChI=1S/C64H40N2O2/c1-2-15-49-41(13-1)14-11-20-50(49)42-27-33-45(34-28-42)65(46-35-29-43(30-36-46)51-21-12-26-62-63(51)55-19-6-10-25-61(55)67-62)48-39-56(64-57(40-48)54-18-5-9-24-60(54)68-64)44-31-37-47(38-32-44)66-58-22-7-3-16-52(58)53-17-4-8-23-59(53)66/h1-40H. The normalized spacial score (nSPS) is 11.8. The number of benzene rings is 11. The first kappa shape index (κ1) is 38.2. The van der Waals surface area contributed by atoms with Crippen LogP contribution < -0.4 is 4.90 Å². The topological polar surface area (TPSA) is 34.5 Å². The molecular formula is C64H40N2O2. The summed E-state index contributed by atoms with van der Waals surface area (Å²) in [6.45, 7) is 0. The zero-order chi connectivity index (χ0) is 44.7. The van der Waals surface area contributed by atoms with Crippen LogP contribution in [0.2, 0.25) is 0 Å². The van der Waals surface area contributed by atoms with E-state index in [4.69, 9.17) is 8.83 Å². The lowest BCUT2D eigenvalue weighted by Crippen LogP contribution is -2.10. The van der Waals surface area contributed by atoms with Crippen LogP contribution in [0, 0.1) is 0 Å². The summed E-state index contributed by atoms with van der Waals surface area (Å²) in [6.07, 6.45) is 0. The summed E-state index contributed by atoms with van der Waals surface area (Å²) in [4.78, 5) is 2.38. The molecule has 0 saturated heterocycles. The summed E-state index contributed by atoms with van der Waals surface area (Å²) in [6, 6.07) is 87.0. The van der Waals surface area contributed by atoms with E-state index in [0.717, 1.165) is 88.9 Å². The van der Waals surface area contributed by atoms with Gasteiger partial charge in [0.1, 0.15) is 22.3 Å². The number of anilines is 3. The summed E-state index contributed by atoms with van der Waals surface area (Å²) in [7, 11) is 0. The Labute approximate surface area is 391 Å². The molecule has 4 heteroatoms. The molecule has 3 aromatic heterocycles. The molecule has 14 rings (SSSR count). The molecule has 0 amide bonds. The lowest BCUT2D eigenvalue weighted by Gasteiger charge is -2.27. The molecule has 318 valence electrons. The number of para-hydroxylation sites is 4. The second-order valence-electron chi connectivity index (χ2n) is 17.6. The van der Waals surface area contributed by atoms with Crippen molar-refractivity contribution in [1.29, 1.82) is 0 Å². The molecule has 0 radical (unpaired) electrons. The molecule has 0 N–H and O–H groups in total. The Morgan fingerprint density at radius 3 is 1.51 bits per heavy atom. The lowest BCUT2D eigenvalue weighted by atomic mass is 9.97. The van der Waals surface area contributed by atoms with Gasteiger partial charge in [0.15, 0.2) is 0 Å². The van der Waals surface area contributed by atoms with Crippen LogP contribution in [0.15, 0.2) is 251 Å². The predicted molar refractivity (Wildman–Crippen MR) is 284 cm³/mol. The Morgan fingerprint density at radius 2 is 0.809 bits per heavy atom. The van der Waals surface area contributed by atoms with E-state index >= 15 is 0 Å². The van der Waals surface area contributed by atoms with Gasteiger partial charge in [-0.2, -0.15) is 0 Å². The quantitative estimate of drug-likeness (QED) is 0.160. The molecule has 14 aromatic rings. The fraction of sp³-hybridized carbons (Fsp3) is 0. The van der Waals surface area contributed by atoms with Crippen LogP contribution in [0.25, 0.3) is 116 Å². The monoisotopic (exact) mass is 868 g/mol. The molecule has 4 nitrogen and oxygen atoms in total. The molecule has 0 aliphatic rings. The van der Waals surface area contributed by atoms with Crippen LogP contribution in [0.5, 0.6) is 0 Å². The molecule has 0 fully saturated rings. The molecular weight excluding hydrogens is 829 g/mol. The van der Waals surface area contributed by atoms with Crippen molar-refractivity contribution in [2.75, 3.05) is 4.90 Å². The van der Waals surface area contributed by atoms with Crippen LogP contribution >= 0.6 is 0 Å². The average Bonchev–Trinajstić information content (AvgIpc) is 4.09. The Bertz CT molecular complexity index is 4190. The van der Waals surface area contributed by atoms with Crippen molar-refractivity contribution < 1.29 is 8.83 Å². The Hall–Kier alpha value is -9.12. The lowest BCUT2D eigenvalue weighted by molar-refractivity contribution is 0.669. The van der Waals surface area contributed by atoms with Gasteiger partial charge in [-0.1, -0.05) is 164 Å². The Kier molecular flexibility index (Phi) is 8.55. The van der Waals surface area contributed by atoms with Gasteiger partial charge in [0.05, 0.1) is 11.0 Å². The van der Waals surface area contributed by atoms with Gasteiger partial charge in [0.2, 0.25) is 0 Å². The van der Waals surface area contributed by atoms with Crippen LogP contribution in [0.3, 0.4) is 0 Å². The van der Waals surface area contributed by atoms with Gasteiger partial charge in [-0.05, 0) is 117 Å². The molecule has 11 aromatic carbocycles. The molecule has 68 heavy (non-hydrogen) atoms. The highest BCUT2D eigenvalue weighted by Crippen LogP contribution is 2.45.